The van der Waals surface area contributed by atoms with Crippen LogP contribution in [-0.2, 0) is 17.8 Å². The van der Waals surface area contributed by atoms with Gasteiger partial charge in [0, 0.05) is 13.0 Å². The van der Waals surface area contributed by atoms with Gasteiger partial charge in [-0.3, -0.25) is 9.36 Å². The summed E-state index contributed by atoms with van der Waals surface area (Å²) in [4.78, 5) is 10.7. The SMILES string of the molecule is Nc1nnc2n1CC(C(=O)O)CC2. The Kier molecular flexibility index (Phi) is 1.68. The summed E-state index contributed by atoms with van der Waals surface area (Å²) in [6, 6.07) is 0. The second kappa shape index (κ2) is 2.72. The molecule has 0 aliphatic carbocycles. The topological polar surface area (TPSA) is 94.0 Å². The predicted molar refractivity (Wildman–Crippen MR) is 43.9 cm³/mol. The Balaban J connectivity index is 2.27. The van der Waals surface area contributed by atoms with E-state index >= 15 is 0 Å². The predicted octanol–water partition coefficient (Wildman–Crippen LogP) is -0.493. The number of nitrogens with two attached hydrogens (primary N) is 1. The van der Waals surface area contributed by atoms with Crippen molar-refractivity contribution in [1.82, 2.24) is 14.8 Å². The number of aromatic nitrogens is 3. The van der Waals surface area contributed by atoms with Crippen LogP contribution in [0.1, 0.15) is 12.2 Å². The summed E-state index contributed by atoms with van der Waals surface area (Å²) in [6.45, 7) is 0.392. The number of nitrogen functional groups attached to an aromatic ring is 1. The maximum atomic E-state index is 10.7. The van der Waals surface area contributed by atoms with Crippen LogP contribution in [0.4, 0.5) is 5.95 Å². The summed E-state index contributed by atoms with van der Waals surface area (Å²) in [5.74, 6) is -0.0412. The van der Waals surface area contributed by atoms with Crippen molar-refractivity contribution in [3.05, 3.63) is 5.82 Å². The zero-order chi connectivity index (χ0) is 9.42. The van der Waals surface area contributed by atoms with E-state index in [1.165, 1.54) is 0 Å². The second-order valence-corrected chi connectivity index (χ2v) is 3.16. The molecule has 1 aromatic heterocycles. The zero-order valence-electron chi connectivity index (χ0n) is 6.97. The van der Waals surface area contributed by atoms with Crippen molar-refractivity contribution in [3.63, 3.8) is 0 Å². The minimum Gasteiger partial charge on any atom is -0.481 e. The largest absolute Gasteiger partial charge is 0.481 e. The van der Waals surface area contributed by atoms with Crippen LogP contribution in [0.5, 0.6) is 0 Å². The molecule has 1 aromatic rings. The van der Waals surface area contributed by atoms with Gasteiger partial charge in [-0.25, -0.2) is 0 Å². The monoisotopic (exact) mass is 182 g/mol. The van der Waals surface area contributed by atoms with Gasteiger partial charge in [-0.15, -0.1) is 10.2 Å². The van der Waals surface area contributed by atoms with Crippen molar-refractivity contribution in [3.8, 4) is 0 Å². The first-order valence-electron chi connectivity index (χ1n) is 4.09. The van der Waals surface area contributed by atoms with Gasteiger partial charge in [0.05, 0.1) is 5.92 Å². The number of carboxylic acid groups (broad SMARTS) is 1. The maximum absolute atomic E-state index is 10.7. The molecule has 2 heterocycles. The van der Waals surface area contributed by atoms with E-state index in [1.807, 2.05) is 0 Å². The first-order chi connectivity index (χ1) is 6.18. The molecule has 0 saturated carbocycles. The minimum atomic E-state index is -0.779. The second-order valence-electron chi connectivity index (χ2n) is 3.16. The molecule has 0 radical (unpaired) electrons. The highest BCUT2D eigenvalue weighted by molar-refractivity contribution is 5.70. The Morgan fingerprint density at radius 2 is 2.38 bits per heavy atom. The van der Waals surface area contributed by atoms with Gasteiger partial charge in [0.2, 0.25) is 5.95 Å². The van der Waals surface area contributed by atoms with Crippen molar-refractivity contribution in [2.24, 2.45) is 5.92 Å². The summed E-state index contributed by atoms with van der Waals surface area (Å²) < 4.78 is 1.67. The average molecular weight is 182 g/mol. The normalized spacial score (nSPS) is 21.1. The number of hydrogen-bond acceptors (Lipinski definition) is 4. The summed E-state index contributed by atoms with van der Waals surface area (Å²) >= 11 is 0. The molecule has 6 heteroatoms. The van der Waals surface area contributed by atoms with Gasteiger partial charge in [-0.2, -0.15) is 0 Å². The van der Waals surface area contributed by atoms with Gasteiger partial charge < -0.3 is 10.8 Å². The van der Waals surface area contributed by atoms with Crippen LogP contribution in [0.15, 0.2) is 0 Å². The number of hydrogen-bond donors (Lipinski definition) is 2. The summed E-state index contributed by atoms with van der Waals surface area (Å²) in [7, 11) is 0. The van der Waals surface area contributed by atoms with Gasteiger partial charge in [0.25, 0.3) is 0 Å². The lowest BCUT2D eigenvalue weighted by Gasteiger charge is -2.19. The highest BCUT2D eigenvalue weighted by Gasteiger charge is 2.26. The first kappa shape index (κ1) is 8.03. The molecule has 0 amide bonds. The van der Waals surface area contributed by atoms with Gasteiger partial charge >= 0.3 is 5.97 Å². The van der Waals surface area contributed by atoms with Crippen molar-refractivity contribution < 1.29 is 9.90 Å². The highest BCUT2D eigenvalue weighted by atomic mass is 16.4. The fraction of sp³-hybridized carbons (Fsp3) is 0.571. The Bertz CT molecular complexity index is 346. The van der Waals surface area contributed by atoms with Gasteiger partial charge in [0.1, 0.15) is 5.82 Å². The molecular weight excluding hydrogens is 172 g/mol. The lowest BCUT2D eigenvalue weighted by atomic mass is 10.00. The molecule has 2 rings (SSSR count). The van der Waals surface area contributed by atoms with E-state index in [0.717, 1.165) is 5.82 Å². The minimum absolute atomic E-state index is 0.306. The van der Waals surface area contributed by atoms with Crippen molar-refractivity contribution in [2.45, 2.75) is 19.4 Å². The number of aryl methyl sites for hydroxylation is 1. The average Bonchev–Trinajstić information content (AvgIpc) is 2.47. The molecule has 1 aliphatic heterocycles. The fourth-order valence-electron chi connectivity index (χ4n) is 1.55. The molecule has 1 aliphatic rings. The van der Waals surface area contributed by atoms with Crippen molar-refractivity contribution in [2.75, 3.05) is 5.73 Å². The van der Waals surface area contributed by atoms with Crippen LogP contribution < -0.4 is 5.73 Å². The molecule has 1 unspecified atom stereocenters. The van der Waals surface area contributed by atoms with Crippen LogP contribution in [0.2, 0.25) is 0 Å². The van der Waals surface area contributed by atoms with Crippen LogP contribution in [-0.4, -0.2) is 25.8 Å². The zero-order valence-corrected chi connectivity index (χ0v) is 6.97. The van der Waals surface area contributed by atoms with Crippen molar-refractivity contribution >= 4 is 11.9 Å². The first-order valence-corrected chi connectivity index (χ1v) is 4.09. The van der Waals surface area contributed by atoms with Crippen LogP contribution in [0, 0.1) is 5.92 Å². The summed E-state index contributed by atoms with van der Waals surface area (Å²) in [5, 5.41) is 16.3. The van der Waals surface area contributed by atoms with E-state index in [-0.39, 0.29) is 5.92 Å². The molecule has 1 atom stereocenters. The summed E-state index contributed by atoms with van der Waals surface area (Å²) in [6.07, 6.45) is 1.26. The molecule has 13 heavy (non-hydrogen) atoms. The van der Waals surface area contributed by atoms with E-state index in [0.29, 0.717) is 25.3 Å². The number of carbonyl (C=O) groups is 1. The van der Waals surface area contributed by atoms with Crippen molar-refractivity contribution in [1.29, 1.82) is 0 Å². The van der Waals surface area contributed by atoms with Gasteiger partial charge in [-0.1, -0.05) is 0 Å². The number of carboxylic acids is 1. The molecule has 0 bridgehead atoms. The molecule has 70 valence electrons. The van der Waals surface area contributed by atoms with Gasteiger partial charge in [0.15, 0.2) is 0 Å². The lowest BCUT2D eigenvalue weighted by molar-refractivity contribution is -0.142. The number of nitrogens with zero attached hydrogens (tertiary/aromatic N) is 3. The smallest absolute Gasteiger partial charge is 0.308 e. The van der Waals surface area contributed by atoms with Gasteiger partial charge in [-0.05, 0) is 6.42 Å². The van der Waals surface area contributed by atoms with Crippen LogP contribution in [0.3, 0.4) is 0 Å². The molecular formula is C7H10N4O2. The van der Waals surface area contributed by atoms with E-state index in [9.17, 15) is 4.79 Å². The Morgan fingerprint density at radius 1 is 1.62 bits per heavy atom. The standard InChI is InChI=1S/C7H10N4O2/c8-7-10-9-5-2-1-4(6(12)13)3-11(5)7/h4H,1-3H2,(H2,8,10)(H,12,13). The fourth-order valence-corrected chi connectivity index (χ4v) is 1.55. The molecule has 0 saturated heterocycles. The Morgan fingerprint density at radius 3 is 3.08 bits per heavy atom. The van der Waals surface area contributed by atoms with E-state index < -0.39 is 5.97 Å². The van der Waals surface area contributed by atoms with Crippen LogP contribution >= 0.6 is 0 Å². The maximum Gasteiger partial charge on any atom is 0.308 e. The third-order valence-electron chi connectivity index (χ3n) is 2.32. The number of anilines is 1. The Labute approximate surface area is 74.4 Å². The number of aliphatic carboxylic acids is 1. The third kappa shape index (κ3) is 1.24. The quantitative estimate of drug-likeness (QED) is 0.611. The molecule has 0 fully saturated rings. The molecule has 3 N–H and O–H groups in total. The van der Waals surface area contributed by atoms with E-state index in [1.54, 1.807) is 4.57 Å². The number of fused-ring (bicyclic) bond motifs is 1. The molecule has 6 nitrogen and oxygen atoms in total. The van der Waals surface area contributed by atoms with E-state index in [2.05, 4.69) is 10.2 Å². The highest BCUT2D eigenvalue weighted by Crippen LogP contribution is 2.20. The van der Waals surface area contributed by atoms with E-state index in [4.69, 9.17) is 10.8 Å². The third-order valence-corrected chi connectivity index (χ3v) is 2.32. The number of rotatable bonds is 1. The Hall–Kier alpha value is -1.59. The molecule has 0 spiro atoms. The van der Waals surface area contributed by atoms with Crippen LogP contribution in [0.25, 0.3) is 0 Å². The lowest BCUT2D eigenvalue weighted by Crippen LogP contribution is -2.27. The molecule has 0 aromatic carbocycles. The summed E-state index contributed by atoms with van der Waals surface area (Å²) in [5.41, 5.74) is 5.52.